The number of aliphatic hydroxyl groups is 1. The first-order valence-corrected chi connectivity index (χ1v) is 10.2. The Morgan fingerprint density at radius 3 is 2.57 bits per heavy atom. The van der Waals surface area contributed by atoms with Gasteiger partial charge < -0.3 is 5.11 Å². The van der Waals surface area contributed by atoms with Gasteiger partial charge in [0.15, 0.2) is 0 Å². The summed E-state index contributed by atoms with van der Waals surface area (Å²) in [5.41, 5.74) is 2.62. The zero-order valence-corrected chi connectivity index (χ0v) is 15.6. The van der Waals surface area contributed by atoms with Gasteiger partial charge in [-0.3, -0.25) is 0 Å². The molecule has 0 aromatic rings. The van der Waals surface area contributed by atoms with Crippen LogP contribution >= 0.6 is 0 Å². The quantitative estimate of drug-likeness (QED) is 0.626. The molecule has 0 radical (unpaired) electrons. The highest BCUT2D eigenvalue weighted by atomic mass is 16.3. The lowest BCUT2D eigenvalue weighted by molar-refractivity contribution is -0.0556. The van der Waals surface area contributed by atoms with E-state index in [2.05, 4.69) is 33.8 Å². The van der Waals surface area contributed by atoms with Gasteiger partial charge in [0.2, 0.25) is 0 Å². The van der Waals surface area contributed by atoms with Crippen molar-refractivity contribution in [2.75, 3.05) is 0 Å². The molecule has 4 aliphatic carbocycles. The van der Waals surface area contributed by atoms with E-state index in [1.165, 1.54) is 38.5 Å². The molecule has 0 unspecified atom stereocenters. The van der Waals surface area contributed by atoms with E-state index in [1.807, 2.05) is 0 Å². The molecule has 3 saturated carbocycles. The van der Waals surface area contributed by atoms with E-state index in [0.717, 1.165) is 42.4 Å². The van der Waals surface area contributed by atoms with E-state index < -0.39 is 0 Å². The van der Waals surface area contributed by atoms with Crippen LogP contribution in [0, 0.1) is 40.4 Å². The predicted molar refractivity (Wildman–Crippen MR) is 96.0 cm³/mol. The lowest BCUT2D eigenvalue weighted by Gasteiger charge is -2.58. The summed E-state index contributed by atoms with van der Waals surface area (Å²) in [6, 6.07) is 0. The van der Waals surface area contributed by atoms with Crippen LogP contribution in [0.1, 0.15) is 79.1 Å². The third-order valence-electron chi connectivity index (χ3n) is 8.96. The number of aliphatic hydroxyl groups excluding tert-OH is 1. The normalized spacial score (nSPS) is 52.6. The lowest BCUT2D eigenvalue weighted by Crippen LogP contribution is -2.50. The highest BCUT2D eigenvalue weighted by Gasteiger charge is 2.58. The Labute approximate surface area is 142 Å². The number of allylic oxidation sites excluding steroid dienone is 1. The van der Waals surface area contributed by atoms with Gasteiger partial charge in [-0.25, -0.2) is 0 Å². The summed E-state index contributed by atoms with van der Waals surface area (Å²) >= 11 is 0. The number of hydrogen-bond donors (Lipinski definition) is 1. The maximum absolute atomic E-state index is 10.1. The molecule has 130 valence electrons. The highest BCUT2D eigenvalue weighted by Crippen LogP contribution is 2.67. The van der Waals surface area contributed by atoms with Crippen LogP contribution in [-0.2, 0) is 0 Å². The third kappa shape index (κ3) is 2.21. The van der Waals surface area contributed by atoms with Gasteiger partial charge in [0.25, 0.3) is 0 Å². The fourth-order valence-corrected chi connectivity index (χ4v) is 7.78. The summed E-state index contributed by atoms with van der Waals surface area (Å²) in [5.74, 6) is 4.55. The van der Waals surface area contributed by atoms with Crippen molar-refractivity contribution in [1.29, 1.82) is 0 Å². The molecule has 0 heterocycles. The first-order valence-electron chi connectivity index (χ1n) is 10.2. The maximum atomic E-state index is 10.1. The summed E-state index contributed by atoms with van der Waals surface area (Å²) < 4.78 is 0. The zero-order valence-electron chi connectivity index (χ0n) is 15.6. The maximum Gasteiger partial charge on any atom is 0.0577 e. The minimum atomic E-state index is -0.0727. The standard InChI is InChI=1S/C22H36O/c1-14(2)18-7-8-19-17-6-5-15-13-16(23)9-11-21(15,3)20(17)10-12-22(18,19)4/h5,14,16-20,23H,6-13H2,1-4H3/t16-,17-,18+,19-,20-,21-,22+/m0/s1. The summed E-state index contributed by atoms with van der Waals surface area (Å²) in [7, 11) is 0. The smallest absolute Gasteiger partial charge is 0.0577 e. The average molecular weight is 317 g/mol. The molecule has 0 bridgehead atoms. The van der Waals surface area contributed by atoms with Gasteiger partial charge in [0.1, 0.15) is 0 Å². The van der Waals surface area contributed by atoms with Gasteiger partial charge >= 0.3 is 0 Å². The van der Waals surface area contributed by atoms with Crippen molar-refractivity contribution in [3.63, 3.8) is 0 Å². The SMILES string of the molecule is CC(C)[C@H]1CC[C@H]2[C@@H]3CC=C4C[C@@H](O)CC[C@]4(C)[C@H]3CC[C@]12C. The molecule has 1 N–H and O–H groups in total. The van der Waals surface area contributed by atoms with Gasteiger partial charge in [-0.1, -0.05) is 39.3 Å². The molecule has 0 aromatic carbocycles. The van der Waals surface area contributed by atoms with E-state index in [9.17, 15) is 5.11 Å². The number of fused-ring (bicyclic) bond motifs is 5. The molecule has 0 saturated heterocycles. The van der Waals surface area contributed by atoms with Crippen LogP contribution < -0.4 is 0 Å². The fourth-order valence-electron chi connectivity index (χ4n) is 7.78. The Kier molecular flexibility index (Phi) is 3.76. The van der Waals surface area contributed by atoms with E-state index >= 15 is 0 Å². The van der Waals surface area contributed by atoms with Crippen molar-refractivity contribution in [2.24, 2.45) is 40.4 Å². The largest absolute Gasteiger partial charge is 0.393 e. The van der Waals surface area contributed by atoms with Crippen LogP contribution in [0.5, 0.6) is 0 Å². The monoisotopic (exact) mass is 316 g/mol. The van der Waals surface area contributed by atoms with Gasteiger partial charge in [-0.2, -0.15) is 0 Å². The van der Waals surface area contributed by atoms with Gasteiger partial charge in [-0.15, -0.1) is 0 Å². The first-order chi connectivity index (χ1) is 10.9. The van der Waals surface area contributed by atoms with Gasteiger partial charge in [-0.05, 0) is 91.8 Å². The lowest BCUT2D eigenvalue weighted by atomic mass is 9.47. The topological polar surface area (TPSA) is 20.2 Å². The van der Waals surface area contributed by atoms with E-state index in [-0.39, 0.29) is 6.10 Å². The molecular weight excluding hydrogens is 280 g/mol. The molecule has 0 aliphatic heterocycles. The second kappa shape index (κ2) is 5.35. The molecule has 0 aromatic heterocycles. The molecule has 4 rings (SSSR count). The van der Waals surface area contributed by atoms with Crippen molar-refractivity contribution < 1.29 is 5.11 Å². The van der Waals surface area contributed by atoms with E-state index in [0.29, 0.717) is 10.8 Å². The average Bonchev–Trinajstić information content (AvgIpc) is 2.85. The summed E-state index contributed by atoms with van der Waals surface area (Å²) in [6.07, 6.45) is 12.8. The minimum absolute atomic E-state index is 0.0727. The van der Waals surface area contributed by atoms with Gasteiger partial charge in [0, 0.05) is 0 Å². The highest BCUT2D eigenvalue weighted by molar-refractivity contribution is 5.25. The summed E-state index contributed by atoms with van der Waals surface area (Å²) in [4.78, 5) is 0. The molecule has 23 heavy (non-hydrogen) atoms. The molecule has 0 spiro atoms. The van der Waals surface area contributed by atoms with E-state index in [1.54, 1.807) is 5.57 Å². The Balaban J connectivity index is 1.65. The van der Waals surface area contributed by atoms with Crippen LogP contribution in [0.25, 0.3) is 0 Å². The zero-order chi connectivity index (χ0) is 16.4. The molecule has 1 nitrogen and oxygen atoms in total. The Morgan fingerprint density at radius 2 is 1.83 bits per heavy atom. The van der Waals surface area contributed by atoms with Gasteiger partial charge in [0.05, 0.1) is 6.10 Å². The first kappa shape index (κ1) is 16.2. The van der Waals surface area contributed by atoms with Crippen molar-refractivity contribution >= 4 is 0 Å². The van der Waals surface area contributed by atoms with E-state index in [4.69, 9.17) is 0 Å². The Morgan fingerprint density at radius 1 is 1.04 bits per heavy atom. The summed E-state index contributed by atoms with van der Waals surface area (Å²) in [5, 5.41) is 10.1. The molecule has 4 aliphatic rings. The molecule has 1 heteroatoms. The van der Waals surface area contributed by atoms with Crippen molar-refractivity contribution in [3.05, 3.63) is 11.6 Å². The van der Waals surface area contributed by atoms with Crippen molar-refractivity contribution in [1.82, 2.24) is 0 Å². The second-order valence-electron chi connectivity index (χ2n) is 10.1. The Bertz CT molecular complexity index is 506. The molecule has 7 atom stereocenters. The number of rotatable bonds is 1. The molecule has 0 amide bonds. The van der Waals surface area contributed by atoms with Crippen LogP contribution in [-0.4, -0.2) is 11.2 Å². The molecule has 3 fully saturated rings. The van der Waals surface area contributed by atoms with Crippen LogP contribution in [0.15, 0.2) is 11.6 Å². The third-order valence-corrected chi connectivity index (χ3v) is 8.96. The van der Waals surface area contributed by atoms with Crippen LogP contribution in [0.3, 0.4) is 0 Å². The second-order valence-corrected chi connectivity index (χ2v) is 10.1. The number of hydrogen-bond acceptors (Lipinski definition) is 1. The minimum Gasteiger partial charge on any atom is -0.393 e. The molecular formula is C22H36O. The fraction of sp³-hybridized carbons (Fsp3) is 0.909. The predicted octanol–water partition coefficient (Wildman–Crippen LogP) is 5.58. The van der Waals surface area contributed by atoms with Crippen molar-refractivity contribution in [2.45, 2.75) is 85.2 Å². The summed E-state index contributed by atoms with van der Waals surface area (Å²) in [6.45, 7) is 10.1. The van der Waals surface area contributed by atoms with Crippen LogP contribution in [0.2, 0.25) is 0 Å². The van der Waals surface area contributed by atoms with Crippen molar-refractivity contribution in [3.8, 4) is 0 Å². The van der Waals surface area contributed by atoms with Crippen LogP contribution in [0.4, 0.5) is 0 Å². The Hall–Kier alpha value is -0.300.